The van der Waals surface area contributed by atoms with E-state index in [1.807, 2.05) is 0 Å². The maximum atomic E-state index is 9.75. The molecule has 2 heterocycles. The summed E-state index contributed by atoms with van der Waals surface area (Å²) in [5.41, 5.74) is 0. The van der Waals surface area contributed by atoms with Crippen molar-refractivity contribution < 1.29 is 5.11 Å². The van der Waals surface area contributed by atoms with Crippen LogP contribution in [0.2, 0.25) is 0 Å². The lowest BCUT2D eigenvalue weighted by molar-refractivity contribution is 0.0988. The monoisotopic (exact) mass is 216 g/mol. The van der Waals surface area contributed by atoms with Gasteiger partial charge < -0.3 is 10.4 Å². The molecular weight excluding hydrogens is 196 g/mol. The van der Waals surface area contributed by atoms with Gasteiger partial charge in [0.1, 0.15) is 0 Å². The Hall–Kier alpha value is 0.230. The van der Waals surface area contributed by atoms with Gasteiger partial charge in [0.2, 0.25) is 0 Å². The normalized spacial score (nSPS) is 39.4. The minimum Gasteiger partial charge on any atom is -0.390 e. The number of nitrogens with zero attached hydrogens (tertiary/aromatic N) is 1. The van der Waals surface area contributed by atoms with Crippen LogP contribution in [-0.2, 0) is 0 Å². The molecule has 2 aliphatic heterocycles. The highest BCUT2D eigenvalue weighted by Crippen LogP contribution is 2.25. The third-order valence-corrected chi connectivity index (χ3v) is 4.39. The standard InChI is InChI=1S/C10H20N2OS/c1-2-14-8-3-4-12(7-8)9-5-11-6-10(9)13/h8-11,13H,2-7H2,1H3. The Labute approximate surface area is 90.2 Å². The van der Waals surface area contributed by atoms with E-state index >= 15 is 0 Å². The third kappa shape index (κ3) is 2.24. The number of rotatable bonds is 3. The molecule has 3 atom stereocenters. The first-order chi connectivity index (χ1) is 6.81. The molecule has 0 aromatic carbocycles. The van der Waals surface area contributed by atoms with Crippen molar-refractivity contribution in [1.82, 2.24) is 10.2 Å². The van der Waals surface area contributed by atoms with Crippen molar-refractivity contribution >= 4 is 11.8 Å². The second kappa shape index (κ2) is 4.84. The summed E-state index contributed by atoms with van der Waals surface area (Å²) < 4.78 is 0. The molecule has 3 unspecified atom stereocenters. The minimum absolute atomic E-state index is 0.152. The lowest BCUT2D eigenvalue weighted by Crippen LogP contribution is -2.42. The quantitative estimate of drug-likeness (QED) is 0.704. The van der Waals surface area contributed by atoms with Crippen LogP contribution < -0.4 is 5.32 Å². The van der Waals surface area contributed by atoms with Crippen molar-refractivity contribution in [1.29, 1.82) is 0 Å². The highest BCUT2D eigenvalue weighted by molar-refractivity contribution is 7.99. The molecular formula is C10H20N2OS. The first kappa shape index (κ1) is 10.7. The topological polar surface area (TPSA) is 35.5 Å². The molecule has 2 saturated heterocycles. The lowest BCUT2D eigenvalue weighted by atomic mass is 10.2. The molecule has 0 bridgehead atoms. The fourth-order valence-electron chi connectivity index (χ4n) is 2.45. The molecule has 0 saturated carbocycles. The summed E-state index contributed by atoms with van der Waals surface area (Å²) in [6.45, 7) is 6.29. The molecule has 3 nitrogen and oxygen atoms in total. The predicted molar refractivity (Wildman–Crippen MR) is 60.8 cm³/mol. The SMILES string of the molecule is CCSC1CCN(C2CNCC2O)C1. The molecule has 2 N–H and O–H groups in total. The highest BCUT2D eigenvalue weighted by atomic mass is 32.2. The molecule has 2 aliphatic rings. The van der Waals surface area contributed by atoms with Crippen LogP contribution in [0.1, 0.15) is 13.3 Å². The third-order valence-electron chi connectivity index (χ3n) is 3.20. The number of aliphatic hydroxyl groups is 1. The fraction of sp³-hybridized carbons (Fsp3) is 1.00. The van der Waals surface area contributed by atoms with Gasteiger partial charge in [0.25, 0.3) is 0 Å². The number of likely N-dealkylation sites (tertiary alicyclic amines) is 1. The Balaban J connectivity index is 1.82. The Morgan fingerprint density at radius 1 is 1.50 bits per heavy atom. The fourth-order valence-corrected chi connectivity index (χ4v) is 3.49. The molecule has 0 aromatic heterocycles. The predicted octanol–water partition coefficient (Wildman–Crippen LogP) is 0.146. The van der Waals surface area contributed by atoms with E-state index in [-0.39, 0.29) is 6.10 Å². The molecule has 2 fully saturated rings. The van der Waals surface area contributed by atoms with Crippen LogP contribution in [0.3, 0.4) is 0 Å². The van der Waals surface area contributed by atoms with E-state index in [0.29, 0.717) is 6.04 Å². The van der Waals surface area contributed by atoms with Crippen LogP contribution in [0.5, 0.6) is 0 Å². The van der Waals surface area contributed by atoms with Crippen LogP contribution in [0.4, 0.5) is 0 Å². The van der Waals surface area contributed by atoms with E-state index in [1.54, 1.807) is 0 Å². The average molecular weight is 216 g/mol. The van der Waals surface area contributed by atoms with Crippen LogP contribution >= 0.6 is 11.8 Å². The number of aliphatic hydroxyl groups excluding tert-OH is 1. The molecule has 0 radical (unpaired) electrons. The summed E-state index contributed by atoms with van der Waals surface area (Å²) >= 11 is 2.06. The first-order valence-electron chi connectivity index (χ1n) is 5.55. The summed E-state index contributed by atoms with van der Waals surface area (Å²) in [5, 5.41) is 13.8. The first-order valence-corrected chi connectivity index (χ1v) is 6.60. The molecule has 4 heteroatoms. The van der Waals surface area contributed by atoms with Crippen molar-refractivity contribution in [3.63, 3.8) is 0 Å². The van der Waals surface area contributed by atoms with Gasteiger partial charge in [0.05, 0.1) is 6.10 Å². The van der Waals surface area contributed by atoms with Crippen molar-refractivity contribution in [2.24, 2.45) is 0 Å². The molecule has 2 rings (SSSR count). The van der Waals surface area contributed by atoms with E-state index < -0.39 is 0 Å². The maximum Gasteiger partial charge on any atom is 0.0831 e. The van der Waals surface area contributed by atoms with Crippen molar-refractivity contribution in [3.05, 3.63) is 0 Å². The Morgan fingerprint density at radius 3 is 3.00 bits per heavy atom. The van der Waals surface area contributed by atoms with Crippen LogP contribution in [0.15, 0.2) is 0 Å². The van der Waals surface area contributed by atoms with E-state index in [4.69, 9.17) is 0 Å². The van der Waals surface area contributed by atoms with Gasteiger partial charge in [-0.25, -0.2) is 0 Å². The number of nitrogens with one attached hydrogen (secondary N) is 1. The number of β-amino-alcohol motifs (C(OH)–C–C–N with tert-alkyl or cyclic N) is 1. The summed E-state index contributed by atoms with van der Waals surface area (Å²) in [4.78, 5) is 2.46. The summed E-state index contributed by atoms with van der Waals surface area (Å²) in [7, 11) is 0. The van der Waals surface area contributed by atoms with Gasteiger partial charge in [-0.1, -0.05) is 6.92 Å². The summed E-state index contributed by atoms with van der Waals surface area (Å²) in [6.07, 6.45) is 1.14. The number of thioether (sulfide) groups is 1. The van der Waals surface area contributed by atoms with Crippen LogP contribution in [0.25, 0.3) is 0 Å². The molecule has 82 valence electrons. The zero-order valence-corrected chi connectivity index (χ0v) is 9.59. The van der Waals surface area contributed by atoms with E-state index in [9.17, 15) is 5.11 Å². The Morgan fingerprint density at radius 2 is 2.36 bits per heavy atom. The van der Waals surface area contributed by atoms with E-state index in [0.717, 1.165) is 18.3 Å². The average Bonchev–Trinajstić information content (AvgIpc) is 2.74. The molecule has 0 aromatic rings. The van der Waals surface area contributed by atoms with Gasteiger partial charge in [-0.15, -0.1) is 0 Å². The summed E-state index contributed by atoms with van der Waals surface area (Å²) in [5.74, 6) is 1.21. The second-order valence-electron chi connectivity index (χ2n) is 4.15. The van der Waals surface area contributed by atoms with Crippen molar-refractivity contribution in [3.8, 4) is 0 Å². The van der Waals surface area contributed by atoms with Gasteiger partial charge in [0.15, 0.2) is 0 Å². The van der Waals surface area contributed by atoms with Crippen LogP contribution in [0, 0.1) is 0 Å². The van der Waals surface area contributed by atoms with Crippen LogP contribution in [-0.4, -0.2) is 59.3 Å². The van der Waals surface area contributed by atoms with E-state index in [1.165, 1.54) is 25.3 Å². The lowest BCUT2D eigenvalue weighted by Gasteiger charge is -2.25. The highest BCUT2D eigenvalue weighted by Gasteiger charge is 2.34. The zero-order chi connectivity index (χ0) is 9.97. The van der Waals surface area contributed by atoms with E-state index in [2.05, 4.69) is 28.9 Å². The summed E-state index contributed by atoms with van der Waals surface area (Å²) in [6, 6.07) is 0.373. The Bertz CT molecular complexity index is 191. The molecule has 0 amide bonds. The Kier molecular flexibility index (Phi) is 3.71. The number of hydrogen-bond donors (Lipinski definition) is 2. The van der Waals surface area contributed by atoms with Gasteiger partial charge in [-0.2, -0.15) is 11.8 Å². The largest absolute Gasteiger partial charge is 0.390 e. The zero-order valence-electron chi connectivity index (χ0n) is 8.78. The smallest absolute Gasteiger partial charge is 0.0831 e. The minimum atomic E-state index is -0.152. The van der Waals surface area contributed by atoms with Crippen molar-refractivity contribution in [2.45, 2.75) is 30.7 Å². The molecule has 0 aliphatic carbocycles. The maximum absolute atomic E-state index is 9.75. The van der Waals surface area contributed by atoms with Gasteiger partial charge in [-0.05, 0) is 18.7 Å². The number of hydrogen-bond acceptors (Lipinski definition) is 4. The van der Waals surface area contributed by atoms with Gasteiger partial charge >= 0.3 is 0 Å². The van der Waals surface area contributed by atoms with Gasteiger partial charge in [-0.3, -0.25) is 4.90 Å². The molecule has 14 heavy (non-hydrogen) atoms. The van der Waals surface area contributed by atoms with Gasteiger partial charge in [0, 0.05) is 30.9 Å². The van der Waals surface area contributed by atoms with Crippen molar-refractivity contribution in [2.75, 3.05) is 31.9 Å². The molecule has 0 spiro atoms. The second-order valence-corrected chi connectivity index (χ2v) is 5.73.